The van der Waals surface area contributed by atoms with Gasteiger partial charge in [-0.15, -0.1) is 5.10 Å². The Labute approximate surface area is 87.2 Å². The van der Waals surface area contributed by atoms with Crippen LogP contribution in [0.25, 0.3) is 0 Å². The molecule has 6 nitrogen and oxygen atoms in total. The molecule has 0 aromatic carbocycles. The van der Waals surface area contributed by atoms with Crippen LogP contribution in [0.15, 0.2) is 6.20 Å². The van der Waals surface area contributed by atoms with Crippen molar-refractivity contribution in [2.75, 3.05) is 20.3 Å². The Bertz CT molecular complexity index is 368. The summed E-state index contributed by atoms with van der Waals surface area (Å²) in [7, 11) is 3.23. The van der Waals surface area contributed by atoms with Gasteiger partial charge in [0.15, 0.2) is 11.3 Å². The fraction of sp³-hybridized carbons (Fsp3) is 0.667. The van der Waals surface area contributed by atoms with Crippen molar-refractivity contribution in [2.45, 2.75) is 12.0 Å². The monoisotopic (exact) mass is 211 g/mol. The zero-order valence-corrected chi connectivity index (χ0v) is 8.77. The molecule has 1 aromatic rings. The summed E-state index contributed by atoms with van der Waals surface area (Å²) in [5.41, 5.74) is -0.541. The topological polar surface area (TPSA) is 66.2 Å². The van der Waals surface area contributed by atoms with Crippen molar-refractivity contribution in [3.05, 3.63) is 11.9 Å². The fourth-order valence-corrected chi connectivity index (χ4v) is 1.66. The van der Waals surface area contributed by atoms with Gasteiger partial charge < -0.3 is 9.47 Å². The van der Waals surface area contributed by atoms with Crippen molar-refractivity contribution < 1.29 is 14.3 Å². The van der Waals surface area contributed by atoms with E-state index in [0.29, 0.717) is 25.3 Å². The third-order valence-electron chi connectivity index (χ3n) is 2.63. The van der Waals surface area contributed by atoms with Gasteiger partial charge in [0.25, 0.3) is 0 Å². The number of ether oxygens (including phenoxy) is 2. The van der Waals surface area contributed by atoms with Crippen molar-refractivity contribution in [3.63, 3.8) is 0 Å². The summed E-state index contributed by atoms with van der Waals surface area (Å²) in [6.45, 7) is 0.832. The number of rotatable bonds is 3. The Morgan fingerprint density at radius 2 is 2.53 bits per heavy atom. The number of Topliss-reactive ketones (excluding diaryl/α,β-unsaturated/α-hetero) is 1. The molecule has 1 aliphatic rings. The quantitative estimate of drug-likeness (QED) is 0.648. The van der Waals surface area contributed by atoms with Gasteiger partial charge in [0.2, 0.25) is 5.78 Å². The molecule has 0 N–H and O–H groups in total. The first-order chi connectivity index (χ1) is 7.18. The molecule has 1 fully saturated rings. The Kier molecular flexibility index (Phi) is 2.54. The number of hydrogen-bond donors (Lipinski definition) is 0. The lowest BCUT2D eigenvalue weighted by Crippen LogP contribution is -2.41. The summed E-state index contributed by atoms with van der Waals surface area (Å²) in [5, 5.41) is 7.51. The SMILES string of the molecule is COC1(C(=O)c2cn(C)nn2)CCOC1. The van der Waals surface area contributed by atoms with Crippen molar-refractivity contribution in [2.24, 2.45) is 7.05 Å². The van der Waals surface area contributed by atoms with Crippen LogP contribution in [0.3, 0.4) is 0 Å². The van der Waals surface area contributed by atoms with E-state index in [1.54, 1.807) is 13.2 Å². The molecule has 6 heteroatoms. The van der Waals surface area contributed by atoms with Gasteiger partial charge in [-0.25, -0.2) is 0 Å². The molecule has 82 valence electrons. The molecular weight excluding hydrogens is 198 g/mol. The molecule has 2 heterocycles. The van der Waals surface area contributed by atoms with Crippen molar-refractivity contribution in [1.29, 1.82) is 0 Å². The van der Waals surface area contributed by atoms with Crippen molar-refractivity contribution in [3.8, 4) is 0 Å². The molecule has 1 unspecified atom stereocenters. The second-order valence-electron chi connectivity index (χ2n) is 3.61. The molecule has 1 atom stereocenters. The molecule has 0 aliphatic carbocycles. The molecule has 0 bridgehead atoms. The minimum Gasteiger partial charge on any atom is -0.378 e. The van der Waals surface area contributed by atoms with E-state index >= 15 is 0 Å². The van der Waals surface area contributed by atoms with Gasteiger partial charge >= 0.3 is 0 Å². The molecule has 2 rings (SSSR count). The van der Waals surface area contributed by atoms with Gasteiger partial charge in [-0.3, -0.25) is 9.48 Å². The summed E-state index contributed by atoms with van der Waals surface area (Å²) in [4.78, 5) is 12.1. The lowest BCUT2D eigenvalue weighted by molar-refractivity contribution is -0.00378. The second-order valence-corrected chi connectivity index (χ2v) is 3.61. The number of ketones is 1. The van der Waals surface area contributed by atoms with Gasteiger partial charge in [0, 0.05) is 20.6 Å². The average molecular weight is 211 g/mol. The van der Waals surface area contributed by atoms with E-state index in [1.165, 1.54) is 11.8 Å². The number of carbonyl (C=O) groups excluding carboxylic acids is 1. The van der Waals surface area contributed by atoms with E-state index in [2.05, 4.69) is 10.3 Å². The van der Waals surface area contributed by atoms with Gasteiger partial charge in [0.1, 0.15) is 0 Å². The first kappa shape index (κ1) is 10.3. The number of nitrogens with zero attached hydrogens (tertiary/aromatic N) is 3. The zero-order valence-electron chi connectivity index (χ0n) is 8.77. The number of aromatic nitrogens is 3. The van der Waals surface area contributed by atoms with Gasteiger partial charge in [-0.2, -0.15) is 0 Å². The summed E-state index contributed by atoms with van der Waals surface area (Å²) in [6, 6.07) is 0. The van der Waals surface area contributed by atoms with E-state index in [0.717, 1.165) is 0 Å². The highest BCUT2D eigenvalue weighted by atomic mass is 16.6. The van der Waals surface area contributed by atoms with Gasteiger partial charge in [-0.05, 0) is 0 Å². The smallest absolute Gasteiger partial charge is 0.218 e. The molecule has 1 aliphatic heterocycles. The normalized spacial score (nSPS) is 25.7. The summed E-state index contributed by atoms with van der Waals surface area (Å²) in [6.07, 6.45) is 2.15. The van der Waals surface area contributed by atoms with E-state index in [9.17, 15) is 4.79 Å². The number of hydrogen-bond acceptors (Lipinski definition) is 5. The average Bonchev–Trinajstić information content (AvgIpc) is 2.86. The molecule has 0 spiro atoms. The Morgan fingerprint density at radius 1 is 1.73 bits per heavy atom. The van der Waals surface area contributed by atoms with Crippen LogP contribution in [0.5, 0.6) is 0 Å². The van der Waals surface area contributed by atoms with Crippen LogP contribution in [0, 0.1) is 0 Å². The first-order valence-electron chi connectivity index (χ1n) is 4.72. The van der Waals surface area contributed by atoms with Crippen LogP contribution < -0.4 is 0 Å². The largest absolute Gasteiger partial charge is 0.378 e. The van der Waals surface area contributed by atoms with Crippen LogP contribution in [0.1, 0.15) is 16.9 Å². The Hall–Kier alpha value is -1.27. The highest BCUT2D eigenvalue weighted by Crippen LogP contribution is 2.26. The maximum absolute atomic E-state index is 12.1. The van der Waals surface area contributed by atoms with Crippen LogP contribution in [0.2, 0.25) is 0 Å². The third-order valence-corrected chi connectivity index (χ3v) is 2.63. The van der Waals surface area contributed by atoms with E-state index in [4.69, 9.17) is 9.47 Å². The zero-order chi connectivity index (χ0) is 10.9. The lowest BCUT2D eigenvalue weighted by Gasteiger charge is -2.22. The minimum absolute atomic E-state index is 0.157. The molecule has 0 saturated carbocycles. The van der Waals surface area contributed by atoms with Gasteiger partial charge in [-0.1, -0.05) is 5.21 Å². The highest BCUT2D eigenvalue weighted by molar-refractivity contribution is 6.01. The predicted molar refractivity (Wildman–Crippen MR) is 50.5 cm³/mol. The number of carbonyl (C=O) groups is 1. The number of methoxy groups -OCH3 is 1. The molecule has 15 heavy (non-hydrogen) atoms. The fourth-order valence-electron chi connectivity index (χ4n) is 1.66. The lowest BCUT2D eigenvalue weighted by atomic mass is 9.95. The van der Waals surface area contributed by atoms with Crippen molar-refractivity contribution in [1.82, 2.24) is 15.0 Å². The molecular formula is C9H13N3O3. The summed E-state index contributed by atoms with van der Waals surface area (Å²) >= 11 is 0. The van der Waals surface area contributed by atoms with Crippen LogP contribution in [-0.4, -0.2) is 46.7 Å². The summed E-state index contributed by atoms with van der Waals surface area (Å²) < 4.78 is 12.0. The van der Waals surface area contributed by atoms with Crippen LogP contribution >= 0.6 is 0 Å². The van der Waals surface area contributed by atoms with Gasteiger partial charge in [0.05, 0.1) is 19.4 Å². The van der Waals surface area contributed by atoms with E-state index in [1.807, 2.05) is 0 Å². The first-order valence-corrected chi connectivity index (χ1v) is 4.72. The predicted octanol–water partition coefficient (Wildman–Crippen LogP) is -0.197. The second kappa shape index (κ2) is 3.71. The van der Waals surface area contributed by atoms with Crippen LogP contribution in [-0.2, 0) is 16.5 Å². The van der Waals surface area contributed by atoms with Crippen LogP contribution in [0.4, 0.5) is 0 Å². The third kappa shape index (κ3) is 1.66. The Balaban J connectivity index is 2.26. The maximum Gasteiger partial charge on any atom is 0.218 e. The maximum atomic E-state index is 12.1. The molecule has 0 radical (unpaired) electrons. The summed E-state index contributed by atoms with van der Waals surface area (Å²) in [5.74, 6) is -0.157. The molecule has 1 aromatic heterocycles. The van der Waals surface area contributed by atoms with E-state index in [-0.39, 0.29) is 5.78 Å². The molecule has 0 amide bonds. The van der Waals surface area contributed by atoms with Crippen molar-refractivity contribution >= 4 is 5.78 Å². The Morgan fingerprint density at radius 3 is 3.00 bits per heavy atom. The molecule has 1 saturated heterocycles. The van der Waals surface area contributed by atoms with E-state index < -0.39 is 5.60 Å². The standard InChI is InChI=1S/C9H13N3O3/c1-12-5-7(10-11-12)8(13)9(14-2)3-4-15-6-9/h5H,3-4,6H2,1-2H3. The highest BCUT2D eigenvalue weighted by Gasteiger charge is 2.44. The number of aryl methyl sites for hydroxylation is 1. The minimum atomic E-state index is -0.865.